The first-order chi connectivity index (χ1) is 15.5. The number of nitrogens with zero attached hydrogens (tertiary/aromatic N) is 1. The highest BCUT2D eigenvalue weighted by Crippen LogP contribution is 2.66. The maximum atomic E-state index is 13.7. The van der Waals surface area contributed by atoms with Crippen LogP contribution in [-0.2, 0) is 14.4 Å². The molecule has 2 bridgehead atoms. The van der Waals surface area contributed by atoms with Crippen molar-refractivity contribution in [2.45, 2.75) is 94.1 Å². The topological polar surface area (TPSA) is 98.7 Å². The highest BCUT2D eigenvalue weighted by Gasteiger charge is 2.73. The summed E-state index contributed by atoms with van der Waals surface area (Å²) >= 11 is 1.74. The van der Waals surface area contributed by atoms with Crippen molar-refractivity contribution in [3.05, 3.63) is 0 Å². The van der Waals surface area contributed by atoms with E-state index in [0.29, 0.717) is 19.6 Å². The molecule has 0 aromatic heterocycles. The monoisotopic (exact) mass is 467 g/mol. The standard InChI is InChI=1S/C24H41N3O4S/c1-3-5-8-14-26-22(30)20-24-12-11-17(32-24)18(21(29)25-13-4-2)19(24)23(31)27(20)15-9-6-7-10-16-28/h17-20,28H,3-16H2,1-2H3,(H,25,29)(H,26,30)/t17-,18+,19+,20?,24?/m1/s1. The SMILES string of the molecule is CCCCCNC(=O)C1N(CCCCCCO)C(=O)[C@@H]2[C@@H](C(=O)NCCC)[C@H]3CCC12S3. The van der Waals surface area contributed by atoms with Gasteiger partial charge in [-0.05, 0) is 38.5 Å². The Morgan fingerprint density at radius 1 is 1.03 bits per heavy atom. The number of aliphatic hydroxyl groups is 1. The van der Waals surface area contributed by atoms with Crippen LogP contribution in [0.4, 0.5) is 0 Å². The van der Waals surface area contributed by atoms with Gasteiger partial charge in [-0.15, -0.1) is 11.8 Å². The first-order valence-electron chi connectivity index (χ1n) is 12.7. The van der Waals surface area contributed by atoms with Gasteiger partial charge in [0.05, 0.1) is 16.6 Å². The zero-order valence-corrected chi connectivity index (χ0v) is 20.6. The smallest absolute Gasteiger partial charge is 0.244 e. The van der Waals surface area contributed by atoms with Crippen LogP contribution in [0.5, 0.6) is 0 Å². The van der Waals surface area contributed by atoms with E-state index in [-0.39, 0.29) is 35.5 Å². The summed E-state index contributed by atoms with van der Waals surface area (Å²) in [5.41, 5.74) is 0. The molecule has 32 heavy (non-hydrogen) atoms. The molecule has 2 unspecified atom stereocenters. The molecule has 8 heteroatoms. The number of fused-ring (bicyclic) bond motifs is 1. The van der Waals surface area contributed by atoms with Crippen LogP contribution in [0.15, 0.2) is 0 Å². The molecule has 3 fully saturated rings. The molecule has 3 saturated heterocycles. The lowest BCUT2D eigenvalue weighted by atomic mass is 9.70. The number of amides is 3. The minimum Gasteiger partial charge on any atom is -0.396 e. The summed E-state index contributed by atoms with van der Waals surface area (Å²) < 4.78 is -0.476. The van der Waals surface area contributed by atoms with E-state index in [1.54, 1.807) is 16.7 Å². The Bertz CT molecular complexity index is 676. The Morgan fingerprint density at radius 3 is 2.50 bits per heavy atom. The van der Waals surface area contributed by atoms with Gasteiger partial charge >= 0.3 is 0 Å². The largest absolute Gasteiger partial charge is 0.396 e. The number of hydrogen-bond donors (Lipinski definition) is 3. The van der Waals surface area contributed by atoms with Gasteiger partial charge in [0.2, 0.25) is 17.7 Å². The molecule has 0 radical (unpaired) electrons. The van der Waals surface area contributed by atoms with Crippen LogP contribution in [0.3, 0.4) is 0 Å². The van der Waals surface area contributed by atoms with Crippen LogP contribution in [0.25, 0.3) is 0 Å². The van der Waals surface area contributed by atoms with Crippen molar-refractivity contribution in [2.24, 2.45) is 11.8 Å². The van der Waals surface area contributed by atoms with E-state index in [9.17, 15) is 14.4 Å². The van der Waals surface area contributed by atoms with Gasteiger partial charge in [-0.3, -0.25) is 14.4 Å². The minimum atomic E-state index is -0.488. The van der Waals surface area contributed by atoms with Crippen molar-refractivity contribution in [1.82, 2.24) is 15.5 Å². The van der Waals surface area contributed by atoms with Crippen molar-refractivity contribution in [3.8, 4) is 0 Å². The number of likely N-dealkylation sites (tertiary alicyclic amines) is 1. The van der Waals surface area contributed by atoms with Crippen LogP contribution in [0, 0.1) is 11.8 Å². The van der Waals surface area contributed by atoms with E-state index in [1.807, 2.05) is 6.92 Å². The number of hydrogen-bond acceptors (Lipinski definition) is 5. The average Bonchev–Trinajstić information content (AvgIpc) is 3.42. The lowest BCUT2D eigenvalue weighted by Crippen LogP contribution is -2.54. The Hall–Kier alpha value is -1.28. The molecule has 3 heterocycles. The van der Waals surface area contributed by atoms with E-state index in [1.165, 1.54) is 0 Å². The zero-order chi connectivity index (χ0) is 23.1. The summed E-state index contributed by atoms with van der Waals surface area (Å²) in [4.78, 5) is 41.9. The van der Waals surface area contributed by atoms with E-state index in [2.05, 4.69) is 17.6 Å². The van der Waals surface area contributed by atoms with Crippen molar-refractivity contribution in [3.63, 3.8) is 0 Å². The third kappa shape index (κ3) is 4.96. The molecule has 1 spiro atoms. The van der Waals surface area contributed by atoms with Crippen LogP contribution in [0.2, 0.25) is 0 Å². The summed E-state index contributed by atoms with van der Waals surface area (Å²) in [7, 11) is 0. The van der Waals surface area contributed by atoms with E-state index in [0.717, 1.165) is 64.2 Å². The number of carbonyl (C=O) groups excluding carboxylic acids is 3. The van der Waals surface area contributed by atoms with Crippen LogP contribution < -0.4 is 10.6 Å². The molecule has 3 aliphatic rings. The van der Waals surface area contributed by atoms with Crippen LogP contribution in [-0.4, -0.2) is 70.0 Å². The Labute approximate surface area is 196 Å². The molecule has 3 rings (SSSR count). The van der Waals surface area contributed by atoms with Gasteiger partial charge < -0.3 is 20.6 Å². The van der Waals surface area contributed by atoms with E-state index >= 15 is 0 Å². The quantitative estimate of drug-likeness (QED) is 0.341. The Kier molecular flexibility index (Phi) is 9.29. The number of unbranched alkanes of at least 4 members (excludes halogenated alkanes) is 5. The molecule has 0 saturated carbocycles. The number of thioether (sulfide) groups is 1. The number of aliphatic hydroxyl groups excluding tert-OH is 1. The Morgan fingerprint density at radius 2 is 1.78 bits per heavy atom. The fourth-order valence-electron chi connectivity index (χ4n) is 5.79. The maximum absolute atomic E-state index is 13.7. The van der Waals surface area contributed by atoms with Gasteiger partial charge in [0.25, 0.3) is 0 Å². The molecule has 182 valence electrons. The average molecular weight is 468 g/mol. The summed E-state index contributed by atoms with van der Waals surface area (Å²) in [6, 6.07) is -0.488. The summed E-state index contributed by atoms with van der Waals surface area (Å²) in [5.74, 6) is -0.798. The lowest BCUT2D eigenvalue weighted by Gasteiger charge is -2.34. The molecule has 3 amide bonds. The molecule has 0 aromatic carbocycles. The summed E-state index contributed by atoms with van der Waals surface area (Å²) in [5, 5.41) is 15.3. The number of nitrogens with one attached hydrogen (secondary N) is 2. The van der Waals surface area contributed by atoms with E-state index < -0.39 is 16.7 Å². The van der Waals surface area contributed by atoms with Crippen molar-refractivity contribution >= 4 is 29.5 Å². The molecule has 5 atom stereocenters. The third-order valence-corrected chi connectivity index (χ3v) is 9.24. The van der Waals surface area contributed by atoms with Gasteiger partial charge in [-0.2, -0.15) is 0 Å². The Balaban J connectivity index is 1.78. The van der Waals surface area contributed by atoms with Gasteiger partial charge in [-0.25, -0.2) is 0 Å². The normalized spacial score (nSPS) is 30.6. The second-order valence-electron chi connectivity index (χ2n) is 9.51. The fourth-order valence-corrected chi connectivity index (χ4v) is 8.01. The maximum Gasteiger partial charge on any atom is 0.244 e. The molecule has 3 aliphatic heterocycles. The zero-order valence-electron chi connectivity index (χ0n) is 19.7. The predicted octanol–water partition coefficient (Wildman–Crippen LogP) is 2.46. The summed E-state index contributed by atoms with van der Waals surface area (Å²) in [6.07, 6.45) is 9.10. The van der Waals surface area contributed by atoms with Gasteiger partial charge in [-0.1, -0.05) is 39.5 Å². The van der Waals surface area contributed by atoms with Gasteiger partial charge in [0.15, 0.2) is 0 Å². The first kappa shape index (κ1) is 25.3. The second-order valence-corrected chi connectivity index (χ2v) is 11.1. The van der Waals surface area contributed by atoms with Crippen molar-refractivity contribution in [1.29, 1.82) is 0 Å². The number of rotatable bonds is 14. The van der Waals surface area contributed by atoms with Crippen molar-refractivity contribution < 1.29 is 19.5 Å². The van der Waals surface area contributed by atoms with Crippen LogP contribution >= 0.6 is 11.8 Å². The predicted molar refractivity (Wildman–Crippen MR) is 127 cm³/mol. The highest BCUT2D eigenvalue weighted by atomic mass is 32.2. The fraction of sp³-hybridized carbons (Fsp3) is 0.875. The molecule has 3 N–H and O–H groups in total. The molecule has 0 aliphatic carbocycles. The molecule has 0 aromatic rings. The second kappa shape index (κ2) is 11.7. The first-order valence-corrected chi connectivity index (χ1v) is 13.5. The molecular weight excluding hydrogens is 426 g/mol. The molecular formula is C24H41N3O4S. The van der Waals surface area contributed by atoms with Crippen molar-refractivity contribution in [2.75, 3.05) is 26.2 Å². The highest BCUT2D eigenvalue weighted by molar-refractivity contribution is 8.02. The number of carbonyl (C=O) groups is 3. The molecule has 7 nitrogen and oxygen atoms in total. The van der Waals surface area contributed by atoms with Crippen LogP contribution in [0.1, 0.15) is 78.1 Å². The van der Waals surface area contributed by atoms with Gasteiger partial charge in [0.1, 0.15) is 6.04 Å². The summed E-state index contributed by atoms with van der Waals surface area (Å²) in [6.45, 7) is 6.15. The lowest BCUT2D eigenvalue weighted by molar-refractivity contribution is -0.140. The van der Waals surface area contributed by atoms with E-state index in [4.69, 9.17) is 5.11 Å². The minimum absolute atomic E-state index is 0.00721. The third-order valence-electron chi connectivity index (χ3n) is 7.29. The van der Waals surface area contributed by atoms with Gasteiger partial charge in [0, 0.05) is 31.5 Å².